The number of fused-ring (bicyclic) bond motifs is 1. The van der Waals surface area contributed by atoms with Gasteiger partial charge in [0.1, 0.15) is 0 Å². The Bertz CT molecular complexity index is 679. The van der Waals surface area contributed by atoms with Gasteiger partial charge < -0.3 is 5.11 Å². The van der Waals surface area contributed by atoms with E-state index < -0.39 is 5.97 Å². The van der Waals surface area contributed by atoms with Crippen LogP contribution in [0.1, 0.15) is 5.56 Å². The van der Waals surface area contributed by atoms with Crippen LogP contribution >= 0.6 is 11.6 Å². The molecule has 1 aromatic heterocycles. The summed E-state index contributed by atoms with van der Waals surface area (Å²) in [6.45, 7) is 0.575. The SMILES string of the molecule is C#CCN(CC(=O)O)Cc1ccc(Cl)c2cccnc12. The molecule has 0 bridgehead atoms. The van der Waals surface area contributed by atoms with E-state index in [-0.39, 0.29) is 13.1 Å². The van der Waals surface area contributed by atoms with Crippen molar-refractivity contribution in [1.82, 2.24) is 9.88 Å². The molecular weight excluding hydrogens is 276 g/mol. The molecule has 0 atom stereocenters. The minimum absolute atomic E-state index is 0.110. The lowest BCUT2D eigenvalue weighted by atomic mass is 10.1. The van der Waals surface area contributed by atoms with Crippen LogP contribution in [-0.2, 0) is 11.3 Å². The number of benzene rings is 1. The van der Waals surface area contributed by atoms with E-state index in [0.717, 1.165) is 16.5 Å². The maximum Gasteiger partial charge on any atom is 0.317 e. The van der Waals surface area contributed by atoms with Gasteiger partial charge >= 0.3 is 5.97 Å². The summed E-state index contributed by atoms with van der Waals surface area (Å²) in [6.07, 6.45) is 6.96. The molecule has 0 aliphatic carbocycles. The van der Waals surface area contributed by atoms with Gasteiger partial charge in [0.05, 0.1) is 18.6 Å². The van der Waals surface area contributed by atoms with Gasteiger partial charge in [-0.2, -0.15) is 0 Å². The minimum atomic E-state index is -0.911. The molecule has 1 N–H and O–H groups in total. The number of nitrogens with zero attached hydrogens (tertiary/aromatic N) is 2. The molecule has 1 aromatic carbocycles. The number of hydrogen-bond acceptors (Lipinski definition) is 3. The molecule has 0 saturated carbocycles. The first kappa shape index (κ1) is 14.3. The molecule has 1 heterocycles. The van der Waals surface area contributed by atoms with Gasteiger partial charge in [0, 0.05) is 23.2 Å². The Hall–Kier alpha value is -2.09. The first-order chi connectivity index (χ1) is 9.61. The molecular formula is C15H13ClN2O2. The summed E-state index contributed by atoms with van der Waals surface area (Å²) < 4.78 is 0. The van der Waals surface area contributed by atoms with Crippen molar-refractivity contribution in [3.63, 3.8) is 0 Å². The zero-order chi connectivity index (χ0) is 14.5. The number of terminal acetylenes is 1. The van der Waals surface area contributed by atoms with E-state index in [1.807, 2.05) is 18.2 Å². The molecule has 0 aliphatic heterocycles. The maximum atomic E-state index is 10.8. The summed E-state index contributed by atoms with van der Waals surface area (Å²) in [4.78, 5) is 16.8. The van der Waals surface area contributed by atoms with Gasteiger partial charge in [-0.05, 0) is 23.8 Å². The number of pyridine rings is 1. The summed E-state index contributed by atoms with van der Waals surface area (Å²) in [5.74, 6) is 1.56. The predicted molar refractivity (Wildman–Crippen MR) is 78.5 cm³/mol. The maximum absolute atomic E-state index is 10.8. The summed E-state index contributed by atoms with van der Waals surface area (Å²) in [7, 11) is 0. The van der Waals surface area contributed by atoms with E-state index in [1.54, 1.807) is 17.2 Å². The number of aliphatic carboxylic acids is 1. The van der Waals surface area contributed by atoms with E-state index in [1.165, 1.54) is 0 Å². The highest BCUT2D eigenvalue weighted by atomic mass is 35.5. The second-order valence-electron chi connectivity index (χ2n) is 4.35. The normalized spacial score (nSPS) is 10.7. The van der Waals surface area contributed by atoms with Crippen molar-refractivity contribution in [3.05, 3.63) is 41.0 Å². The Balaban J connectivity index is 2.35. The van der Waals surface area contributed by atoms with Gasteiger partial charge in [-0.1, -0.05) is 23.6 Å². The number of halogens is 1. The summed E-state index contributed by atoms with van der Waals surface area (Å²) in [5.41, 5.74) is 1.67. The average molecular weight is 289 g/mol. The van der Waals surface area contributed by atoms with Crippen LogP contribution in [0, 0.1) is 12.3 Å². The van der Waals surface area contributed by atoms with Crippen LogP contribution in [0.2, 0.25) is 5.02 Å². The number of aromatic nitrogens is 1. The van der Waals surface area contributed by atoms with Crippen LogP contribution in [0.25, 0.3) is 10.9 Å². The van der Waals surface area contributed by atoms with Crippen molar-refractivity contribution in [2.24, 2.45) is 0 Å². The van der Waals surface area contributed by atoms with Gasteiger partial charge in [0.2, 0.25) is 0 Å². The van der Waals surface area contributed by atoms with Crippen LogP contribution in [-0.4, -0.2) is 34.0 Å². The lowest BCUT2D eigenvalue weighted by molar-refractivity contribution is -0.138. The Kier molecular flexibility index (Phi) is 4.57. The quantitative estimate of drug-likeness (QED) is 0.859. The number of carboxylic acids is 1. The van der Waals surface area contributed by atoms with E-state index in [2.05, 4.69) is 10.9 Å². The lowest BCUT2D eigenvalue weighted by Crippen LogP contribution is -2.29. The molecule has 0 saturated heterocycles. The monoisotopic (exact) mass is 288 g/mol. The number of carbonyl (C=O) groups is 1. The predicted octanol–water partition coefficient (Wildman–Crippen LogP) is 2.41. The van der Waals surface area contributed by atoms with Crippen molar-refractivity contribution >= 4 is 28.5 Å². The molecule has 0 amide bonds. The molecule has 0 aliphatic rings. The highest BCUT2D eigenvalue weighted by molar-refractivity contribution is 6.35. The third-order valence-corrected chi connectivity index (χ3v) is 3.20. The fraction of sp³-hybridized carbons (Fsp3) is 0.200. The topological polar surface area (TPSA) is 53.4 Å². The third kappa shape index (κ3) is 3.27. The number of rotatable bonds is 5. The van der Waals surface area contributed by atoms with Gasteiger partial charge in [0.15, 0.2) is 0 Å². The second kappa shape index (κ2) is 6.38. The fourth-order valence-electron chi connectivity index (χ4n) is 2.05. The van der Waals surface area contributed by atoms with Crippen molar-refractivity contribution in [2.75, 3.05) is 13.1 Å². The fourth-order valence-corrected chi connectivity index (χ4v) is 2.27. The molecule has 2 rings (SSSR count). The van der Waals surface area contributed by atoms with E-state index >= 15 is 0 Å². The van der Waals surface area contributed by atoms with Gasteiger partial charge in [-0.25, -0.2) is 0 Å². The zero-order valence-corrected chi connectivity index (χ0v) is 11.5. The van der Waals surface area contributed by atoms with Crippen molar-refractivity contribution in [3.8, 4) is 12.3 Å². The first-order valence-corrected chi connectivity index (χ1v) is 6.39. The minimum Gasteiger partial charge on any atom is -0.480 e. The first-order valence-electron chi connectivity index (χ1n) is 6.01. The van der Waals surface area contributed by atoms with E-state index in [0.29, 0.717) is 11.6 Å². The van der Waals surface area contributed by atoms with E-state index in [9.17, 15) is 4.79 Å². The molecule has 4 nitrogen and oxygen atoms in total. The summed E-state index contributed by atoms with van der Waals surface area (Å²) in [6, 6.07) is 7.34. The highest BCUT2D eigenvalue weighted by Crippen LogP contribution is 2.25. The second-order valence-corrected chi connectivity index (χ2v) is 4.76. The van der Waals surface area contributed by atoms with Crippen molar-refractivity contribution in [1.29, 1.82) is 0 Å². The Morgan fingerprint density at radius 1 is 1.45 bits per heavy atom. The number of carboxylic acid groups (broad SMARTS) is 1. The smallest absolute Gasteiger partial charge is 0.317 e. The van der Waals surface area contributed by atoms with Crippen LogP contribution in [0.4, 0.5) is 0 Å². The average Bonchev–Trinajstić information content (AvgIpc) is 2.42. The van der Waals surface area contributed by atoms with Crippen LogP contribution < -0.4 is 0 Å². The molecule has 0 spiro atoms. The highest BCUT2D eigenvalue weighted by Gasteiger charge is 2.12. The molecule has 5 heteroatoms. The van der Waals surface area contributed by atoms with Crippen molar-refractivity contribution in [2.45, 2.75) is 6.54 Å². The number of hydrogen-bond donors (Lipinski definition) is 1. The van der Waals surface area contributed by atoms with Crippen LogP contribution in [0.5, 0.6) is 0 Å². The molecule has 0 unspecified atom stereocenters. The molecule has 0 radical (unpaired) electrons. The standard InChI is InChI=1S/C15H13ClN2O2/c1-2-8-18(10-14(19)20)9-11-5-6-13(16)12-4-3-7-17-15(11)12/h1,3-7H,8-10H2,(H,19,20). The van der Waals surface area contributed by atoms with E-state index in [4.69, 9.17) is 23.1 Å². The van der Waals surface area contributed by atoms with Gasteiger partial charge in [-0.3, -0.25) is 14.7 Å². The van der Waals surface area contributed by atoms with Crippen LogP contribution in [0.15, 0.2) is 30.5 Å². The molecule has 20 heavy (non-hydrogen) atoms. The lowest BCUT2D eigenvalue weighted by Gasteiger charge is -2.18. The Labute approximate surface area is 122 Å². The molecule has 102 valence electrons. The van der Waals surface area contributed by atoms with Gasteiger partial charge in [-0.15, -0.1) is 6.42 Å². The third-order valence-electron chi connectivity index (χ3n) is 2.87. The molecule has 2 aromatic rings. The zero-order valence-electron chi connectivity index (χ0n) is 10.7. The summed E-state index contributed by atoms with van der Waals surface area (Å²) >= 11 is 6.13. The van der Waals surface area contributed by atoms with Crippen molar-refractivity contribution < 1.29 is 9.90 Å². The summed E-state index contributed by atoms with van der Waals surface area (Å²) in [5, 5.41) is 10.4. The van der Waals surface area contributed by atoms with Crippen LogP contribution in [0.3, 0.4) is 0 Å². The largest absolute Gasteiger partial charge is 0.480 e. The molecule has 0 fully saturated rings. The Morgan fingerprint density at radius 3 is 2.95 bits per heavy atom. The Morgan fingerprint density at radius 2 is 2.25 bits per heavy atom. The van der Waals surface area contributed by atoms with Gasteiger partial charge in [0.25, 0.3) is 0 Å².